The van der Waals surface area contributed by atoms with Gasteiger partial charge in [0, 0.05) is 38.0 Å². The Balaban J connectivity index is 2.33. The van der Waals surface area contributed by atoms with Crippen LogP contribution in [-0.4, -0.2) is 56.9 Å². The topological polar surface area (TPSA) is 113 Å². The molecule has 0 spiro atoms. The van der Waals surface area contributed by atoms with Gasteiger partial charge in [0.15, 0.2) is 5.96 Å². The largest absolute Gasteiger partial charge is 0.356 e. The highest BCUT2D eigenvalue weighted by molar-refractivity contribution is 7.90. The van der Waals surface area contributed by atoms with Gasteiger partial charge in [0.05, 0.1) is 5.75 Å². The van der Waals surface area contributed by atoms with Crippen molar-refractivity contribution >= 4 is 27.5 Å². The zero-order valence-electron chi connectivity index (χ0n) is 15.2. The Labute approximate surface area is 149 Å². The highest BCUT2D eigenvalue weighted by atomic mass is 32.2. The van der Waals surface area contributed by atoms with Gasteiger partial charge in [-0.1, -0.05) is 6.07 Å². The maximum atomic E-state index is 11.9. The van der Waals surface area contributed by atoms with Gasteiger partial charge in [-0.25, -0.2) is 13.4 Å². The van der Waals surface area contributed by atoms with Gasteiger partial charge in [-0.3, -0.25) is 9.79 Å². The fraction of sp³-hybridized carbons (Fsp3) is 0.562. The Hall–Kier alpha value is -2.16. The minimum Gasteiger partial charge on any atom is -0.356 e. The quantitative estimate of drug-likeness (QED) is 0.459. The summed E-state index contributed by atoms with van der Waals surface area (Å²) in [6.45, 7) is 4.14. The van der Waals surface area contributed by atoms with Crippen LogP contribution in [0.4, 0.5) is 5.82 Å². The van der Waals surface area contributed by atoms with E-state index in [-0.39, 0.29) is 24.1 Å². The number of anilines is 1. The molecule has 0 aliphatic heterocycles. The average molecular weight is 369 g/mol. The van der Waals surface area contributed by atoms with E-state index in [1.54, 1.807) is 13.1 Å². The summed E-state index contributed by atoms with van der Waals surface area (Å²) in [4.78, 5) is 20.2. The molecule has 9 heteroatoms. The molecule has 0 aromatic carbocycles. The Kier molecular flexibility index (Phi) is 8.33. The molecule has 1 heterocycles. The summed E-state index contributed by atoms with van der Waals surface area (Å²) < 4.78 is 22.4. The molecule has 25 heavy (non-hydrogen) atoms. The number of nitrogens with one attached hydrogen (secondary N) is 3. The first-order valence-electron chi connectivity index (χ1n) is 8.08. The van der Waals surface area contributed by atoms with Crippen LogP contribution < -0.4 is 16.0 Å². The van der Waals surface area contributed by atoms with Gasteiger partial charge in [0.1, 0.15) is 15.7 Å². The second-order valence-electron chi connectivity index (χ2n) is 5.93. The molecule has 0 aliphatic carbocycles. The lowest BCUT2D eigenvalue weighted by molar-refractivity contribution is -0.116. The van der Waals surface area contributed by atoms with E-state index in [2.05, 4.69) is 25.9 Å². The summed E-state index contributed by atoms with van der Waals surface area (Å²) in [6, 6.07) is 5.38. The van der Waals surface area contributed by atoms with Crippen LogP contribution in [0.2, 0.25) is 0 Å². The lowest BCUT2D eigenvalue weighted by Crippen LogP contribution is -2.43. The molecule has 1 aromatic heterocycles. The van der Waals surface area contributed by atoms with Crippen LogP contribution in [0.1, 0.15) is 25.5 Å². The van der Waals surface area contributed by atoms with E-state index in [0.717, 1.165) is 5.69 Å². The van der Waals surface area contributed by atoms with Crippen LogP contribution in [0.5, 0.6) is 0 Å². The SMILES string of the molecule is CN=C(NCCC(=O)Nc1cccc(C)n1)NC(C)CCS(C)(=O)=O. The zero-order chi connectivity index (χ0) is 18.9. The van der Waals surface area contributed by atoms with E-state index < -0.39 is 9.84 Å². The molecular weight excluding hydrogens is 342 g/mol. The molecule has 0 fully saturated rings. The number of hydrogen-bond donors (Lipinski definition) is 3. The number of pyridine rings is 1. The van der Waals surface area contributed by atoms with E-state index in [1.165, 1.54) is 6.26 Å². The fourth-order valence-corrected chi connectivity index (χ4v) is 2.79. The number of aliphatic imine (C=N–C) groups is 1. The first kappa shape index (κ1) is 20.9. The molecule has 0 saturated heterocycles. The second kappa shape index (κ2) is 9.97. The summed E-state index contributed by atoms with van der Waals surface area (Å²) >= 11 is 0. The number of hydrogen-bond acceptors (Lipinski definition) is 5. The van der Waals surface area contributed by atoms with Gasteiger partial charge in [-0.2, -0.15) is 0 Å². The van der Waals surface area contributed by atoms with Crippen molar-refractivity contribution in [1.29, 1.82) is 0 Å². The molecule has 1 atom stereocenters. The van der Waals surface area contributed by atoms with Gasteiger partial charge < -0.3 is 16.0 Å². The number of rotatable bonds is 8. The van der Waals surface area contributed by atoms with E-state index >= 15 is 0 Å². The predicted molar refractivity (Wildman–Crippen MR) is 101 cm³/mol. The monoisotopic (exact) mass is 369 g/mol. The van der Waals surface area contributed by atoms with Crippen molar-refractivity contribution in [3.05, 3.63) is 23.9 Å². The van der Waals surface area contributed by atoms with Crippen LogP contribution in [0.25, 0.3) is 0 Å². The van der Waals surface area contributed by atoms with Crippen molar-refractivity contribution in [3.63, 3.8) is 0 Å². The Morgan fingerprint density at radius 3 is 2.68 bits per heavy atom. The van der Waals surface area contributed by atoms with Crippen molar-refractivity contribution < 1.29 is 13.2 Å². The van der Waals surface area contributed by atoms with E-state index in [9.17, 15) is 13.2 Å². The first-order chi connectivity index (χ1) is 11.7. The lowest BCUT2D eigenvalue weighted by atomic mass is 10.3. The van der Waals surface area contributed by atoms with Crippen molar-refractivity contribution in [1.82, 2.24) is 15.6 Å². The van der Waals surface area contributed by atoms with E-state index in [0.29, 0.717) is 24.7 Å². The molecule has 0 bridgehead atoms. The molecule has 3 N–H and O–H groups in total. The number of amides is 1. The van der Waals surface area contributed by atoms with Crippen molar-refractivity contribution in [2.45, 2.75) is 32.7 Å². The van der Waals surface area contributed by atoms with Gasteiger partial charge in [0.25, 0.3) is 0 Å². The van der Waals surface area contributed by atoms with Crippen LogP contribution in [0.15, 0.2) is 23.2 Å². The summed E-state index contributed by atoms with van der Waals surface area (Å²) in [5.41, 5.74) is 0.837. The lowest BCUT2D eigenvalue weighted by Gasteiger charge is -2.17. The first-order valence-corrected chi connectivity index (χ1v) is 10.1. The minimum absolute atomic E-state index is 0.0498. The van der Waals surface area contributed by atoms with Gasteiger partial charge in [-0.05, 0) is 32.4 Å². The number of nitrogens with zero attached hydrogens (tertiary/aromatic N) is 2. The van der Waals surface area contributed by atoms with Crippen molar-refractivity contribution in [2.75, 3.05) is 30.9 Å². The molecule has 1 unspecified atom stereocenters. The zero-order valence-corrected chi connectivity index (χ0v) is 16.0. The molecule has 1 amide bonds. The number of sulfone groups is 1. The van der Waals surface area contributed by atoms with Gasteiger partial charge in [0.2, 0.25) is 5.91 Å². The number of carbonyl (C=O) groups is 1. The van der Waals surface area contributed by atoms with Crippen LogP contribution >= 0.6 is 0 Å². The molecule has 0 radical (unpaired) electrons. The summed E-state index contributed by atoms with van der Waals surface area (Å²) in [7, 11) is -1.36. The molecule has 1 aromatic rings. The highest BCUT2D eigenvalue weighted by Gasteiger charge is 2.10. The average Bonchev–Trinajstić information content (AvgIpc) is 2.51. The highest BCUT2D eigenvalue weighted by Crippen LogP contribution is 2.04. The third-order valence-electron chi connectivity index (χ3n) is 3.33. The van der Waals surface area contributed by atoms with Crippen LogP contribution in [-0.2, 0) is 14.6 Å². The predicted octanol–water partition coefficient (Wildman–Crippen LogP) is 0.707. The molecule has 8 nitrogen and oxygen atoms in total. The summed E-state index contributed by atoms with van der Waals surface area (Å²) in [5, 5.41) is 8.87. The van der Waals surface area contributed by atoms with Gasteiger partial charge in [-0.15, -0.1) is 0 Å². The third-order valence-corrected chi connectivity index (χ3v) is 4.31. The summed E-state index contributed by atoms with van der Waals surface area (Å²) in [5.74, 6) is 1.03. The Morgan fingerprint density at radius 2 is 2.08 bits per heavy atom. The maximum Gasteiger partial charge on any atom is 0.227 e. The number of aromatic nitrogens is 1. The Morgan fingerprint density at radius 1 is 1.36 bits per heavy atom. The van der Waals surface area contributed by atoms with E-state index in [4.69, 9.17) is 0 Å². The standard InChI is InChI=1S/C16H27N5O3S/c1-12-6-5-7-14(19-12)21-15(22)8-10-18-16(17-3)20-13(2)9-11-25(4,23)24/h5-7,13H,8-11H2,1-4H3,(H2,17,18,20)(H,19,21,22). The second-order valence-corrected chi connectivity index (χ2v) is 8.19. The van der Waals surface area contributed by atoms with Crippen LogP contribution in [0.3, 0.4) is 0 Å². The number of aryl methyl sites for hydroxylation is 1. The fourth-order valence-electron chi connectivity index (χ4n) is 2.00. The molecule has 1 rings (SSSR count). The number of carbonyl (C=O) groups excluding carboxylic acids is 1. The Bertz CT molecular complexity index is 703. The van der Waals surface area contributed by atoms with Crippen LogP contribution in [0, 0.1) is 6.92 Å². The molecule has 140 valence electrons. The molecule has 0 saturated carbocycles. The summed E-state index contributed by atoms with van der Waals surface area (Å²) in [6.07, 6.45) is 1.96. The molecule has 0 aliphatic rings. The number of guanidine groups is 1. The van der Waals surface area contributed by atoms with Gasteiger partial charge >= 0.3 is 0 Å². The minimum atomic E-state index is -2.98. The van der Waals surface area contributed by atoms with E-state index in [1.807, 2.05) is 26.0 Å². The third kappa shape index (κ3) is 9.65. The normalized spacial score (nSPS) is 13.2. The van der Waals surface area contributed by atoms with Crippen molar-refractivity contribution in [3.8, 4) is 0 Å². The van der Waals surface area contributed by atoms with Crippen molar-refractivity contribution in [2.24, 2.45) is 4.99 Å². The molecular formula is C16H27N5O3S. The maximum absolute atomic E-state index is 11.9. The smallest absolute Gasteiger partial charge is 0.227 e.